The van der Waals surface area contributed by atoms with Gasteiger partial charge in [-0.3, -0.25) is 4.57 Å². The Bertz CT molecular complexity index is 897. The van der Waals surface area contributed by atoms with E-state index in [1.54, 1.807) is 21.0 Å². The van der Waals surface area contributed by atoms with Gasteiger partial charge in [-0.25, -0.2) is 0 Å². The molecular weight excluding hydrogens is 405 g/mol. The van der Waals surface area contributed by atoms with E-state index in [0.29, 0.717) is 23.6 Å². The van der Waals surface area contributed by atoms with Gasteiger partial charge in [-0.2, -0.15) is 0 Å². The van der Waals surface area contributed by atoms with Gasteiger partial charge in [0.1, 0.15) is 11.5 Å². The fraction of sp³-hybridized carbons (Fsp3) is 0.455. The molecule has 0 fully saturated rings. The monoisotopic (exact) mass is 437 g/mol. The van der Waals surface area contributed by atoms with Crippen molar-refractivity contribution in [3.05, 3.63) is 52.6 Å². The molecule has 0 aliphatic carbocycles. The highest BCUT2D eigenvalue weighted by Gasteiger charge is 2.46. The van der Waals surface area contributed by atoms with Crippen LogP contribution < -0.4 is 15.2 Å². The predicted octanol–water partition coefficient (Wildman–Crippen LogP) is 4.53. The summed E-state index contributed by atoms with van der Waals surface area (Å²) in [6, 6.07) is 9.32. The Morgan fingerprint density at radius 3 is 2.13 bits per heavy atom. The minimum absolute atomic E-state index is 0.134. The number of aryl methyl sites for hydroxylation is 2. The molecule has 30 heavy (non-hydrogen) atoms. The minimum atomic E-state index is -4.44. The van der Waals surface area contributed by atoms with E-state index in [0.717, 1.165) is 22.3 Å². The second kappa shape index (κ2) is 9.84. The molecule has 0 aromatic heterocycles. The molecule has 7 nitrogen and oxygen atoms in total. The van der Waals surface area contributed by atoms with Crippen LogP contribution in [0.2, 0.25) is 0 Å². The lowest BCUT2D eigenvalue weighted by atomic mass is 9.95. The molecular formula is C22H32NO6P. The van der Waals surface area contributed by atoms with Crippen LogP contribution in [0.4, 0.5) is 5.69 Å². The van der Waals surface area contributed by atoms with Gasteiger partial charge in [0.05, 0.1) is 5.69 Å². The largest absolute Gasteiger partial charge is 0.475 e. The highest BCUT2D eigenvalue weighted by Crippen LogP contribution is 2.55. The van der Waals surface area contributed by atoms with Gasteiger partial charge in [-0.1, -0.05) is 19.9 Å². The number of rotatable bonds is 10. The SMILES string of the molecule is CCC(CC)(Oc1cc(C)c(Cc2ccc(OCOC)c(N)c2)c(C)c1)P(=O)(O)O. The summed E-state index contributed by atoms with van der Waals surface area (Å²) in [4.78, 5) is 19.7. The van der Waals surface area contributed by atoms with E-state index in [2.05, 4.69) is 0 Å². The maximum Gasteiger partial charge on any atom is 0.368 e. The van der Waals surface area contributed by atoms with E-state index in [4.69, 9.17) is 19.9 Å². The molecule has 2 aromatic carbocycles. The van der Waals surface area contributed by atoms with Gasteiger partial charge < -0.3 is 29.7 Å². The third-order valence-electron chi connectivity index (χ3n) is 5.40. The molecule has 4 N–H and O–H groups in total. The standard InChI is InChI=1S/C22H32NO6P/c1-6-22(7-2,30(24,25)26)29-18-10-15(3)19(16(4)11-18)12-17-8-9-21(20(23)13-17)28-14-27-5/h8-11,13H,6-7,12,14,23H2,1-5H3,(H2,24,25,26). The average molecular weight is 437 g/mol. The molecule has 2 rings (SSSR count). The van der Waals surface area contributed by atoms with Crippen molar-refractivity contribution in [2.75, 3.05) is 19.6 Å². The Morgan fingerprint density at radius 1 is 1.07 bits per heavy atom. The Kier molecular flexibility index (Phi) is 7.94. The van der Waals surface area contributed by atoms with Crippen LogP contribution in [0.3, 0.4) is 0 Å². The van der Waals surface area contributed by atoms with Gasteiger partial charge in [0.25, 0.3) is 0 Å². The highest BCUT2D eigenvalue weighted by atomic mass is 31.2. The van der Waals surface area contributed by atoms with E-state index in [1.807, 2.05) is 44.2 Å². The van der Waals surface area contributed by atoms with Gasteiger partial charge >= 0.3 is 7.60 Å². The topological polar surface area (TPSA) is 111 Å². The van der Waals surface area contributed by atoms with Crippen molar-refractivity contribution in [3.63, 3.8) is 0 Å². The Balaban J connectivity index is 2.29. The lowest BCUT2D eigenvalue weighted by Crippen LogP contribution is -2.34. The number of benzene rings is 2. The molecule has 0 heterocycles. The molecule has 0 aliphatic heterocycles. The quantitative estimate of drug-likeness (QED) is 0.284. The number of hydrogen-bond donors (Lipinski definition) is 3. The van der Waals surface area contributed by atoms with Crippen molar-refractivity contribution in [2.24, 2.45) is 0 Å². The first-order valence-electron chi connectivity index (χ1n) is 9.91. The van der Waals surface area contributed by atoms with E-state index in [1.165, 1.54) is 0 Å². The second-order valence-electron chi connectivity index (χ2n) is 7.43. The first kappa shape index (κ1) is 24.2. The number of nitrogen functional groups attached to an aromatic ring is 1. The van der Waals surface area contributed by atoms with Crippen LogP contribution in [-0.4, -0.2) is 29.0 Å². The van der Waals surface area contributed by atoms with Crippen molar-refractivity contribution in [2.45, 2.75) is 52.3 Å². The summed E-state index contributed by atoms with van der Waals surface area (Å²) in [5, 5.41) is -1.51. The molecule has 0 bridgehead atoms. The van der Waals surface area contributed by atoms with E-state index >= 15 is 0 Å². The number of ether oxygens (including phenoxy) is 3. The van der Waals surface area contributed by atoms with Crippen LogP contribution in [0.15, 0.2) is 30.3 Å². The van der Waals surface area contributed by atoms with E-state index in [9.17, 15) is 14.4 Å². The Morgan fingerprint density at radius 2 is 1.67 bits per heavy atom. The Hall–Kier alpha value is -2.05. The summed E-state index contributed by atoms with van der Waals surface area (Å²) in [7, 11) is -2.89. The fourth-order valence-corrected chi connectivity index (χ4v) is 4.59. The minimum Gasteiger partial charge on any atom is -0.475 e. The molecule has 2 aromatic rings. The molecule has 0 amide bonds. The third-order valence-corrected chi connectivity index (χ3v) is 7.19. The van der Waals surface area contributed by atoms with Crippen molar-refractivity contribution in [1.29, 1.82) is 0 Å². The van der Waals surface area contributed by atoms with Crippen molar-refractivity contribution < 1.29 is 28.6 Å². The molecule has 8 heteroatoms. The molecule has 0 spiro atoms. The van der Waals surface area contributed by atoms with E-state index < -0.39 is 12.9 Å². The average Bonchev–Trinajstić information content (AvgIpc) is 2.67. The zero-order chi connectivity index (χ0) is 22.5. The lowest BCUT2D eigenvalue weighted by molar-refractivity contribution is 0.0516. The van der Waals surface area contributed by atoms with Crippen molar-refractivity contribution in [1.82, 2.24) is 0 Å². The molecule has 0 aliphatic rings. The van der Waals surface area contributed by atoms with Crippen LogP contribution >= 0.6 is 7.60 Å². The number of nitrogens with two attached hydrogens (primary N) is 1. The first-order chi connectivity index (χ1) is 14.1. The molecule has 0 atom stereocenters. The summed E-state index contributed by atoms with van der Waals surface area (Å²) in [5.41, 5.74) is 10.7. The summed E-state index contributed by atoms with van der Waals surface area (Å²) < 4.78 is 28.3. The van der Waals surface area contributed by atoms with Gasteiger partial charge in [-0.15, -0.1) is 0 Å². The molecule has 166 valence electrons. The van der Waals surface area contributed by atoms with Crippen LogP contribution in [0.5, 0.6) is 11.5 Å². The van der Waals surface area contributed by atoms with Crippen LogP contribution in [0.1, 0.15) is 48.9 Å². The smallest absolute Gasteiger partial charge is 0.368 e. The van der Waals surface area contributed by atoms with Gasteiger partial charge in [0.2, 0.25) is 5.34 Å². The normalized spacial score (nSPS) is 12.1. The van der Waals surface area contributed by atoms with Crippen LogP contribution in [0.25, 0.3) is 0 Å². The Labute approximate surface area is 178 Å². The van der Waals surface area contributed by atoms with Crippen LogP contribution in [-0.2, 0) is 15.7 Å². The number of methoxy groups -OCH3 is 1. The van der Waals surface area contributed by atoms with Gasteiger partial charge in [0.15, 0.2) is 6.79 Å². The molecule has 0 unspecified atom stereocenters. The summed E-state index contributed by atoms with van der Waals surface area (Å²) >= 11 is 0. The summed E-state index contributed by atoms with van der Waals surface area (Å²) in [6.45, 7) is 7.51. The molecule has 0 saturated carbocycles. The van der Waals surface area contributed by atoms with Gasteiger partial charge in [-0.05, 0) is 79.6 Å². The first-order valence-corrected chi connectivity index (χ1v) is 11.5. The van der Waals surface area contributed by atoms with Crippen LogP contribution in [0, 0.1) is 13.8 Å². The lowest BCUT2D eigenvalue weighted by Gasteiger charge is -2.33. The second-order valence-corrected chi connectivity index (χ2v) is 9.34. The van der Waals surface area contributed by atoms with E-state index in [-0.39, 0.29) is 19.6 Å². The molecule has 0 radical (unpaired) electrons. The maximum absolute atomic E-state index is 12.1. The predicted molar refractivity (Wildman–Crippen MR) is 118 cm³/mol. The summed E-state index contributed by atoms with van der Waals surface area (Å²) in [6.07, 6.45) is 1.09. The third kappa shape index (κ3) is 5.35. The summed E-state index contributed by atoms with van der Waals surface area (Å²) in [5.74, 6) is 1.04. The maximum atomic E-state index is 12.1. The zero-order valence-electron chi connectivity index (χ0n) is 18.3. The van der Waals surface area contributed by atoms with Gasteiger partial charge in [0, 0.05) is 7.11 Å². The fourth-order valence-electron chi connectivity index (χ4n) is 3.54. The number of anilines is 1. The molecule has 0 saturated heterocycles. The highest BCUT2D eigenvalue weighted by molar-refractivity contribution is 7.53. The van der Waals surface area contributed by atoms with Crippen molar-refractivity contribution in [3.8, 4) is 11.5 Å². The van der Waals surface area contributed by atoms with Crippen molar-refractivity contribution >= 4 is 13.3 Å². The number of hydrogen-bond acceptors (Lipinski definition) is 5. The zero-order valence-corrected chi connectivity index (χ0v) is 19.2.